The second-order valence-electron chi connectivity index (χ2n) is 5.63. The Morgan fingerprint density at radius 3 is 2.60 bits per heavy atom. The summed E-state index contributed by atoms with van der Waals surface area (Å²) in [6.45, 7) is 3.53. The van der Waals surface area contributed by atoms with Crippen LogP contribution < -0.4 is 5.32 Å². The predicted octanol–water partition coefficient (Wildman–Crippen LogP) is 2.63. The van der Waals surface area contributed by atoms with Crippen LogP contribution >= 0.6 is 0 Å². The molecular formula is C16H22N4. The highest BCUT2D eigenvalue weighted by Gasteiger charge is 2.15. The lowest BCUT2D eigenvalue weighted by Gasteiger charge is -2.29. The molecular weight excluding hydrogens is 248 g/mol. The number of piperidine rings is 1. The Labute approximate surface area is 120 Å². The minimum Gasteiger partial charge on any atom is -0.385 e. The largest absolute Gasteiger partial charge is 0.385 e. The van der Waals surface area contributed by atoms with Gasteiger partial charge in [0, 0.05) is 24.6 Å². The first-order valence-corrected chi connectivity index (χ1v) is 7.34. The van der Waals surface area contributed by atoms with Crippen molar-refractivity contribution in [3.8, 4) is 5.69 Å². The third-order valence-corrected chi connectivity index (χ3v) is 4.07. The number of nitrogens with zero attached hydrogens (tertiary/aromatic N) is 3. The van der Waals surface area contributed by atoms with E-state index in [-0.39, 0.29) is 0 Å². The number of hydrogen-bond donors (Lipinski definition) is 1. The quantitative estimate of drug-likeness (QED) is 0.927. The molecule has 2 heterocycles. The minimum atomic E-state index is 0.803. The molecule has 0 unspecified atom stereocenters. The van der Waals surface area contributed by atoms with Gasteiger partial charge in [-0.1, -0.05) is 0 Å². The Bertz CT molecular complexity index is 510. The van der Waals surface area contributed by atoms with Gasteiger partial charge in [0.25, 0.3) is 0 Å². The number of likely N-dealkylation sites (tertiary alicyclic amines) is 1. The first kappa shape index (κ1) is 13.2. The summed E-state index contributed by atoms with van der Waals surface area (Å²) in [7, 11) is 2.21. The molecule has 1 fully saturated rings. The van der Waals surface area contributed by atoms with Crippen LogP contribution in [0.15, 0.2) is 42.7 Å². The average Bonchev–Trinajstić information content (AvgIpc) is 3.01. The molecule has 106 valence electrons. The molecule has 0 bridgehead atoms. The number of nitrogens with one attached hydrogen (secondary N) is 1. The molecule has 0 aliphatic carbocycles. The van der Waals surface area contributed by atoms with Crippen LogP contribution in [-0.2, 0) is 0 Å². The van der Waals surface area contributed by atoms with Gasteiger partial charge in [0.2, 0.25) is 0 Å². The molecule has 1 aromatic carbocycles. The molecule has 4 heteroatoms. The fourth-order valence-electron chi connectivity index (χ4n) is 2.68. The number of benzene rings is 1. The van der Waals surface area contributed by atoms with E-state index in [1.165, 1.54) is 31.6 Å². The van der Waals surface area contributed by atoms with E-state index >= 15 is 0 Å². The van der Waals surface area contributed by atoms with Crippen LogP contribution in [0.3, 0.4) is 0 Å². The van der Waals surface area contributed by atoms with Crippen molar-refractivity contribution in [3.05, 3.63) is 42.7 Å². The number of aromatic nitrogens is 2. The lowest BCUT2D eigenvalue weighted by molar-refractivity contribution is 0.226. The van der Waals surface area contributed by atoms with E-state index < -0.39 is 0 Å². The fourth-order valence-corrected chi connectivity index (χ4v) is 2.68. The zero-order chi connectivity index (χ0) is 13.8. The second kappa shape index (κ2) is 6.09. The summed E-state index contributed by atoms with van der Waals surface area (Å²) in [6, 6.07) is 10.4. The topological polar surface area (TPSA) is 33.1 Å². The van der Waals surface area contributed by atoms with Gasteiger partial charge < -0.3 is 10.2 Å². The summed E-state index contributed by atoms with van der Waals surface area (Å²) in [6.07, 6.45) is 6.36. The molecule has 0 spiro atoms. The van der Waals surface area contributed by atoms with E-state index in [0.29, 0.717) is 0 Å². The average molecular weight is 270 g/mol. The van der Waals surface area contributed by atoms with Crippen LogP contribution in [0.5, 0.6) is 0 Å². The molecule has 4 nitrogen and oxygen atoms in total. The van der Waals surface area contributed by atoms with Gasteiger partial charge in [-0.05, 0) is 69.2 Å². The van der Waals surface area contributed by atoms with E-state index in [2.05, 4.69) is 46.6 Å². The fraction of sp³-hybridized carbons (Fsp3) is 0.438. The minimum absolute atomic E-state index is 0.803. The monoisotopic (exact) mass is 270 g/mol. The van der Waals surface area contributed by atoms with Gasteiger partial charge in [-0.2, -0.15) is 5.10 Å². The van der Waals surface area contributed by atoms with Crippen LogP contribution in [0.2, 0.25) is 0 Å². The van der Waals surface area contributed by atoms with Crippen molar-refractivity contribution in [2.75, 3.05) is 32.0 Å². The zero-order valence-corrected chi connectivity index (χ0v) is 12.0. The van der Waals surface area contributed by atoms with Crippen molar-refractivity contribution in [2.45, 2.75) is 12.8 Å². The molecule has 3 rings (SSSR count). The highest BCUT2D eigenvalue weighted by molar-refractivity contribution is 5.48. The highest BCUT2D eigenvalue weighted by atomic mass is 15.3. The molecule has 0 radical (unpaired) electrons. The van der Waals surface area contributed by atoms with Gasteiger partial charge in [-0.25, -0.2) is 4.68 Å². The van der Waals surface area contributed by atoms with Crippen molar-refractivity contribution in [2.24, 2.45) is 5.92 Å². The summed E-state index contributed by atoms with van der Waals surface area (Å²) in [5.74, 6) is 0.803. The van der Waals surface area contributed by atoms with E-state index in [0.717, 1.165) is 18.2 Å². The maximum Gasteiger partial charge on any atom is 0.0647 e. The smallest absolute Gasteiger partial charge is 0.0647 e. The molecule has 0 saturated carbocycles. The highest BCUT2D eigenvalue weighted by Crippen LogP contribution is 2.18. The van der Waals surface area contributed by atoms with E-state index in [4.69, 9.17) is 0 Å². The van der Waals surface area contributed by atoms with Gasteiger partial charge >= 0.3 is 0 Å². The van der Waals surface area contributed by atoms with Crippen LogP contribution in [0, 0.1) is 5.92 Å². The predicted molar refractivity (Wildman–Crippen MR) is 82.3 cm³/mol. The standard InChI is InChI=1S/C16H22N4/c1-19-11-7-14(8-12-19)13-17-15-3-5-16(6-4-15)20-10-2-9-18-20/h2-6,9-10,14,17H,7-8,11-13H2,1H3. The van der Waals surface area contributed by atoms with E-state index in [1.807, 2.05) is 16.9 Å². The number of anilines is 1. The van der Waals surface area contributed by atoms with Gasteiger partial charge in [0.1, 0.15) is 0 Å². The summed E-state index contributed by atoms with van der Waals surface area (Å²) in [5.41, 5.74) is 2.29. The van der Waals surface area contributed by atoms with Crippen molar-refractivity contribution < 1.29 is 0 Å². The van der Waals surface area contributed by atoms with Crippen molar-refractivity contribution in [1.29, 1.82) is 0 Å². The molecule has 0 amide bonds. The van der Waals surface area contributed by atoms with Crippen LogP contribution in [0.25, 0.3) is 5.69 Å². The normalized spacial score (nSPS) is 17.2. The SMILES string of the molecule is CN1CCC(CNc2ccc(-n3cccn3)cc2)CC1. The van der Waals surface area contributed by atoms with Gasteiger partial charge in [-0.15, -0.1) is 0 Å². The van der Waals surface area contributed by atoms with Crippen LogP contribution in [0.4, 0.5) is 5.69 Å². The molecule has 1 aliphatic heterocycles. The molecule has 0 atom stereocenters. The van der Waals surface area contributed by atoms with Crippen LogP contribution in [-0.4, -0.2) is 41.4 Å². The maximum atomic E-state index is 4.23. The number of rotatable bonds is 4. The Balaban J connectivity index is 1.53. The Hall–Kier alpha value is -1.81. The zero-order valence-electron chi connectivity index (χ0n) is 12.0. The Morgan fingerprint density at radius 2 is 1.95 bits per heavy atom. The third kappa shape index (κ3) is 3.20. The lowest BCUT2D eigenvalue weighted by atomic mass is 9.97. The first-order valence-electron chi connectivity index (χ1n) is 7.34. The van der Waals surface area contributed by atoms with E-state index in [9.17, 15) is 0 Å². The second-order valence-corrected chi connectivity index (χ2v) is 5.63. The molecule has 2 aromatic rings. The van der Waals surface area contributed by atoms with Gasteiger partial charge in [0.05, 0.1) is 5.69 Å². The Morgan fingerprint density at radius 1 is 1.20 bits per heavy atom. The molecule has 1 aliphatic rings. The lowest BCUT2D eigenvalue weighted by Crippen LogP contribution is -2.32. The van der Waals surface area contributed by atoms with E-state index in [1.54, 1.807) is 6.20 Å². The summed E-state index contributed by atoms with van der Waals surface area (Å²) in [4.78, 5) is 2.41. The maximum absolute atomic E-state index is 4.23. The first-order chi connectivity index (χ1) is 9.81. The van der Waals surface area contributed by atoms with Crippen LogP contribution in [0.1, 0.15) is 12.8 Å². The number of hydrogen-bond acceptors (Lipinski definition) is 3. The summed E-state index contributed by atoms with van der Waals surface area (Å²) < 4.78 is 1.88. The summed E-state index contributed by atoms with van der Waals surface area (Å²) >= 11 is 0. The molecule has 1 aromatic heterocycles. The van der Waals surface area contributed by atoms with Gasteiger partial charge in [-0.3, -0.25) is 0 Å². The molecule has 1 saturated heterocycles. The van der Waals surface area contributed by atoms with Crippen molar-refractivity contribution in [3.63, 3.8) is 0 Å². The van der Waals surface area contributed by atoms with Gasteiger partial charge in [0.15, 0.2) is 0 Å². The molecule has 1 N–H and O–H groups in total. The third-order valence-electron chi connectivity index (χ3n) is 4.07. The Kier molecular flexibility index (Phi) is 4.02. The van der Waals surface area contributed by atoms with Crippen molar-refractivity contribution in [1.82, 2.24) is 14.7 Å². The summed E-state index contributed by atoms with van der Waals surface area (Å²) in [5, 5.41) is 7.79. The van der Waals surface area contributed by atoms with Crippen molar-refractivity contribution >= 4 is 5.69 Å². The molecule has 20 heavy (non-hydrogen) atoms.